The van der Waals surface area contributed by atoms with E-state index in [2.05, 4.69) is 4.98 Å². The first-order chi connectivity index (χ1) is 10.1. The van der Waals surface area contributed by atoms with Gasteiger partial charge in [-0.05, 0) is 42.3 Å². The van der Waals surface area contributed by atoms with E-state index in [1.54, 1.807) is 6.20 Å². The van der Waals surface area contributed by atoms with Crippen LogP contribution in [0.3, 0.4) is 0 Å². The van der Waals surface area contributed by atoms with E-state index in [-0.39, 0.29) is 0 Å². The fraction of sp³-hybridized carbons (Fsp3) is 0.118. The minimum Gasteiger partial charge on any atom is -0.398 e. The van der Waals surface area contributed by atoms with Gasteiger partial charge < -0.3 is 5.73 Å². The van der Waals surface area contributed by atoms with Crippen LogP contribution in [0.4, 0.5) is 5.69 Å². The summed E-state index contributed by atoms with van der Waals surface area (Å²) in [6, 6.07) is 15.5. The molecule has 0 aliphatic rings. The molecule has 0 fully saturated rings. The minimum absolute atomic E-state index is 0.441. The quantitative estimate of drug-likeness (QED) is 0.753. The molecular weight excluding hydrogens is 280 g/mol. The molecule has 3 aromatic rings. The topological polar surface area (TPSA) is 56.0 Å². The number of nitrogen functional groups attached to an aromatic ring is 1. The second-order valence-corrected chi connectivity index (χ2v) is 6.44. The van der Waals surface area contributed by atoms with E-state index in [0.717, 1.165) is 22.0 Å². The molecule has 3 rings (SSSR count). The second-order valence-electron chi connectivity index (χ2n) is 5.02. The summed E-state index contributed by atoms with van der Waals surface area (Å²) in [4.78, 5) is 5.03. The highest BCUT2D eigenvalue weighted by molar-refractivity contribution is 7.84. The molecule has 0 bridgehead atoms. The van der Waals surface area contributed by atoms with Crippen molar-refractivity contribution in [3.8, 4) is 0 Å². The van der Waals surface area contributed by atoms with E-state index < -0.39 is 10.8 Å². The van der Waals surface area contributed by atoms with Gasteiger partial charge in [-0.2, -0.15) is 0 Å². The first-order valence-corrected chi connectivity index (χ1v) is 8.04. The molecule has 0 spiro atoms. The monoisotopic (exact) mass is 296 g/mol. The van der Waals surface area contributed by atoms with Gasteiger partial charge in [0, 0.05) is 17.3 Å². The van der Waals surface area contributed by atoms with Crippen LogP contribution < -0.4 is 5.73 Å². The number of aryl methyl sites for hydroxylation is 1. The molecule has 0 saturated heterocycles. The van der Waals surface area contributed by atoms with Crippen molar-refractivity contribution in [2.75, 3.05) is 5.73 Å². The Bertz CT molecular complexity index is 825. The molecule has 1 aromatic heterocycles. The third kappa shape index (κ3) is 2.81. The molecule has 0 aliphatic heterocycles. The minimum atomic E-state index is -1.17. The summed E-state index contributed by atoms with van der Waals surface area (Å²) in [6.45, 7) is 1.97. The number of pyridine rings is 1. The van der Waals surface area contributed by atoms with Crippen LogP contribution in [0, 0.1) is 6.92 Å². The van der Waals surface area contributed by atoms with Gasteiger partial charge >= 0.3 is 0 Å². The van der Waals surface area contributed by atoms with Crippen molar-refractivity contribution in [2.45, 2.75) is 17.6 Å². The zero-order valence-corrected chi connectivity index (χ0v) is 12.6. The Kier molecular flexibility index (Phi) is 3.71. The number of anilines is 1. The van der Waals surface area contributed by atoms with Gasteiger partial charge in [-0.3, -0.25) is 9.19 Å². The largest absolute Gasteiger partial charge is 0.398 e. The van der Waals surface area contributed by atoms with Crippen molar-refractivity contribution in [1.29, 1.82) is 0 Å². The lowest BCUT2D eigenvalue weighted by molar-refractivity contribution is 0.683. The lowest BCUT2D eigenvalue weighted by atomic mass is 10.1. The highest BCUT2D eigenvalue weighted by Crippen LogP contribution is 2.23. The van der Waals surface area contributed by atoms with Crippen molar-refractivity contribution in [1.82, 2.24) is 4.98 Å². The van der Waals surface area contributed by atoms with E-state index >= 15 is 0 Å². The van der Waals surface area contributed by atoms with Crippen LogP contribution in [0.15, 0.2) is 59.6 Å². The van der Waals surface area contributed by atoms with Crippen LogP contribution in [0.1, 0.15) is 11.1 Å². The SMILES string of the molecule is Cc1ccc(N)c(S(=O)Cc2ccnc3ccccc23)c1. The molecule has 2 N–H and O–H groups in total. The predicted molar refractivity (Wildman–Crippen MR) is 87.4 cm³/mol. The molecule has 0 aliphatic carbocycles. The fourth-order valence-electron chi connectivity index (χ4n) is 2.34. The number of nitrogens with two attached hydrogens (primary N) is 1. The Balaban J connectivity index is 1.99. The van der Waals surface area contributed by atoms with Crippen molar-refractivity contribution in [2.24, 2.45) is 0 Å². The average molecular weight is 296 g/mol. The van der Waals surface area contributed by atoms with Gasteiger partial charge in [0.05, 0.1) is 27.0 Å². The molecule has 3 nitrogen and oxygen atoms in total. The number of benzene rings is 2. The van der Waals surface area contributed by atoms with Gasteiger partial charge in [0.1, 0.15) is 0 Å². The highest BCUT2D eigenvalue weighted by Gasteiger charge is 2.11. The van der Waals surface area contributed by atoms with Crippen LogP contribution in [-0.4, -0.2) is 9.19 Å². The molecule has 0 amide bonds. The van der Waals surface area contributed by atoms with Crippen molar-refractivity contribution >= 4 is 27.4 Å². The Morgan fingerprint density at radius 1 is 1.14 bits per heavy atom. The third-order valence-corrected chi connectivity index (χ3v) is 4.86. The zero-order valence-electron chi connectivity index (χ0n) is 11.7. The summed E-state index contributed by atoms with van der Waals surface area (Å²) < 4.78 is 12.6. The summed E-state index contributed by atoms with van der Waals surface area (Å²) >= 11 is 0. The maximum atomic E-state index is 12.6. The molecule has 21 heavy (non-hydrogen) atoms. The molecule has 2 aromatic carbocycles. The fourth-order valence-corrected chi connectivity index (χ4v) is 3.68. The van der Waals surface area contributed by atoms with Gasteiger partial charge in [0.25, 0.3) is 0 Å². The standard InChI is InChI=1S/C17H16N2OS/c1-12-6-7-15(18)17(10-12)21(20)11-13-8-9-19-16-5-3-2-4-14(13)16/h2-10H,11,18H2,1H3. The lowest BCUT2D eigenvalue weighted by Crippen LogP contribution is -2.02. The number of aromatic nitrogens is 1. The lowest BCUT2D eigenvalue weighted by Gasteiger charge is -2.09. The zero-order chi connectivity index (χ0) is 14.8. The average Bonchev–Trinajstić information content (AvgIpc) is 2.50. The summed E-state index contributed by atoms with van der Waals surface area (Å²) in [5, 5.41) is 1.04. The smallest absolute Gasteiger partial charge is 0.0705 e. The van der Waals surface area contributed by atoms with Crippen LogP contribution in [-0.2, 0) is 16.6 Å². The van der Waals surface area contributed by atoms with Crippen LogP contribution >= 0.6 is 0 Å². The van der Waals surface area contributed by atoms with E-state index in [1.165, 1.54) is 0 Å². The third-order valence-electron chi connectivity index (χ3n) is 3.44. The summed E-state index contributed by atoms with van der Waals surface area (Å²) in [5.41, 5.74) is 9.54. The molecule has 1 atom stereocenters. The van der Waals surface area contributed by atoms with Gasteiger partial charge in [-0.15, -0.1) is 0 Å². The first-order valence-electron chi connectivity index (χ1n) is 6.72. The van der Waals surface area contributed by atoms with Gasteiger partial charge in [-0.1, -0.05) is 24.3 Å². The first kappa shape index (κ1) is 13.8. The van der Waals surface area contributed by atoms with Crippen molar-refractivity contribution in [3.05, 3.63) is 65.9 Å². The molecule has 1 heterocycles. The number of nitrogens with zero attached hydrogens (tertiary/aromatic N) is 1. The number of rotatable bonds is 3. The van der Waals surface area contributed by atoms with E-state index in [4.69, 9.17) is 5.73 Å². The Hall–Kier alpha value is -2.20. The van der Waals surface area contributed by atoms with Crippen LogP contribution in [0.2, 0.25) is 0 Å². The normalized spacial score (nSPS) is 12.4. The Morgan fingerprint density at radius 3 is 2.81 bits per heavy atom. The summed E-state index contributed by atoms with van der Waals surface area (Å²) in [7, 11) is -1.17. The summed E-state index contributed by atoms with van der Waals surface area (Å²) in [6.07, 6.45) is 1.76. The number of hydrogen-bond acceptors (Lipinski definition) is 3. The second kappa shape index (κ2) is 5.66. The van der Waals surface area contributed by atoms with E-state index in [9.17, 15) is 4.21 Å². The van der Waals surface area contributed by atoms with Crippen LogP contribution in [0.25, 0.3) is 10.9 Å². The Labute approximate surface area is 126 Å². The van der Waals surface area contributed by atoms with E-state index in [1.807, 2.05) is 55.5 Å². The molecule has 0 radical (unpaired) electrons. The molecule has 0 saturated carbocycles. The number of hydrogen-bond donors (Lipinski definition) is 1. The maximum Gasteiger partial charge on any atom is 0.0705 e. The highest BCUT2D eigenvalue weighted by atomic mass is 32.2. The number of fused-ring (bicyclic) bond motifs is 1. The van der Waals surface area contributed by atoms with E-state index in [0.29, 0.717) is 16.3 Å². The molecule has 106 valence electrons. The van der Waals surface area contributed by atoms with Gasteiger partial charge in [-0.25, -0.2) is 0 Å². The van der Waals surface area contributed by atoms with Crippen LogP contribution in [0.5, 0.6) is 0 Å². The summed E-state index contributed by atoms with van der Waals surface area (Å²) in [5.74, 6) is 0.441. The van der Waals surface area contributed by atoms with Gasteiger partial charge in [0.2, 0.25) is 0 Å². The number of para-hydroxylation sites is 1. The molecule has 1 unspecified atom stereocenters. The van der Waals surface area contributed by atoms with Crippen molar-refractivity contribution < 1.29 is 4.21 Å². The van der Waals surface area contributed by atoms with Crippen molar-refractivity contribution in [3.63, 3.8) is 0 Å². The van der Waals surface area contributed by atoms with Gasteiger partial charge in [0.15, 0.2) is 0 Å². The Morgan fingerprint density at radius 2 is 1.95 bits per heavy atom. The molecule has 4 heteroatoms. The predicted octanol–water partition coefficient (Wildman–Crippen LogP) is 3.43. The maximum absolute atomic E-state index is 12.6. The molecular formula is C17H16N2OS.